The summed E-state index contributed by atoms with van der Waals surface area (Å²) in [6.45, 7) is 6.87. The standard InChI is InChI=1S/C25H32N4O4/c1-6-8-15-29(25(31)27-21-14-13-18(32-4)16-22(21)33-5)17(3)23-26-20-12-10-9-11-19(20)24(30)28(23)7-2/h9-14,16-17H,6-8,15H2,1-5H3,(H,27,31). The molecule has 0 fully saturated rings. The number of fused-ring (bicyclic) bond motifs is 1. The van der Waals surface area contributed by atoms with Crippen molar-refractivity contribution in [2.24, 2.45) is 0 Å². The number of unbranched alkanes of at least 4 members (excludes halogenated alkanes) is 1. The molecule has 8 nitrogen and oxygen atoms in total. The molecule has 1 heterocycles. The molecule has 1 atom stereocenters. The van der Waals surface area contributed by atoms with Gasteiger partial charge in [-0.25, -0.2) is 9.78 Å². The molecule has 0 radical (unpaired) electrons. The van der Waals surface area contributed by atoms with Crippen molar-refractivity contribution in [1.82, 2.24) is 14.5 Å². The lowest BCUT2D eigenvalue weighted by atomic mass is 10.2. The maximum Gasteiger partial charge on any atom is 0.322 e. The number of nitrogens with one attached hydrogen (secondary N) is 1. The van der Waals surface area contributed by atoms with Crippen LogP contribution in [-0.4, -0.2) is 41.2 Å². The minimum Gasteiger partial charge on any atom is -0.497 e. The van der Waals surface area contributed by atoms with Gasteiger partial charge in [-0.3, -0.25) is 9.36 Å². The highest BCUT2D eigenvalue weighted by atomic mass is 16.5. The van der Waals surface area contributed by atoms with Crippen LogP contribution in [0.15, 0.2) is 47.3 Å². The summed E-state index contributed by atoms with van der Waals surface area (Å²) in [6.07, 6.45) is 1.75. The second-order valence-electron chi connectivity index (χ2n) is 7.76. The monoisotopic (exact) mass is 452 g/mol. The molecule has 0 saturated heterocycles. The second-order valence-corrected chi connectivity index (χ2v) is 7.76. The van der Waals surface area contributed by atoms with Gasteiger partial charge in [-0.05, 0) is 44.5 Å². The molecule has 176 valence electrons. The predicted octanol–water partition coefficient (Wildman–Crippen LogP) is 4.83. The summed E-state index contributed by atoms with van der Waals surface area (Å²) >= 11 is 0. The van der Waals surface area contributed by atoms with Crippen LogP contribution in [0, 0.1) is 0 Å². The first-order valence-corrected chi connectivity index (χ1v) is 11.2. The smallest absolute Gasteiger partial charge is 0.322 e. The maximum absolute atomic E-state index is 13.4. The molecule has 2 aromatic carbocycles. The van der Waals surface area contributed by atoms with Crippen molar-refractivity contribution in [3.63, 3.8) is 0 Å². The first-order chi connectivity index (χ1) is 15.9. The van der Waals surface area contributed by atoms with Crippen molar-refractivity contribution in [1.29, 1.82) is 0 Å². The van der Waals surface area contributed by atoms with Crippen LogP contribution in [0.1, 0.15) is 45.5 Å². The molecule has 8 heteroatoms. The lowest BCUT2D eigenvalue weighted by Crippen LogP contribution is -2.40. The van der Waals surface area contributed by atoms with E-state index in [1.807, 2.05) is 32.0 Å². The lowest BCUT2D eigenvalue weighted by molar-refractivity contribution is 0.187. The highest BCUT2D eigenvalue weighted by molar-refractivity contribution is 5.91. The van der Waals surface area contributed by atoms with Crippen LogP contribution in [0.4, 0.5) is 10.5 Å². The maximum atomic E-state index is 13.4. The second kappa shape index (κ2) is 10.8. The molecule has 1 unspecified atom stereocenters. The molecule has 3 aromatic rings. The van der Waals surface area contributed by atoms with Crippen LogP contribution in [0.25, 0.3) is 10.9 Å². The number of para-hydroxylation sites is 1. The van der Waals surface area contributed by atoms with Gasteiger partial charge in [0.1, 0.15) is 17.3 Å². The first-order valence-electron chi connectivity index (χ1n) is 11.2. The number of hydrogen-bond donors (Lipinski definition) is 1. The fourth-order valence-electron chi connectivity index (χ4n) is 3.84. The summed E-state index contributed by atoms with van der Waals surface area (Å²) in [5.74, 6) is 1.70. The number of amides is 2. The van der Waals surface area contributed by atoms with E-state index in [2.05, 4.69) is 12.2 Å². The minimum atomic E-state index is -0.418. The Bertz CT molecular complexity index is 1170. The largest absolute Gasteiger partial charge is 0.497 e. The molecule has 0 bridgehead atoms. The third kappa shape index (κ3) is 5.10. The number of rotatable bonds is 9. The van der Waals surface area contributed by atoms with Gasteiger partial charge >= 0.3 is 6.03 Å². The molecule has 1 N–H and O–H groups in total. The Morgan fingerprint density at radius 3 is 2.58 bits per heavy atom. The van der Waals surface area contributed by atoms with E-state index >= 15 is 0 Å². The summed E-state index contributed by atoms with van der Waals surface area (Å²) in [5.41, 5.74) is 1.07. The number of hydrogen-bond acceptors (Lipinski definition) is 5. The van der Waals surface area contributed by atoms with Crippen molar-refractivity contribution < 1.29 is 14.3 Å². The van der Waals surface area contributed by atoms with Crippen LogP contribution in [-0.2, 0) is 6.54 Å². The summed E-state index contributed by atoms with van der Waals surface area (Å²) in [6, 6.07) is 11.8. The topological polar surface area (TPSA) is 85.7 Å². The van der Waals surface area contributed by atoms with E-state index in [0.717, 1.165) is 12.8 Å². The molecule has 0 saturated carbocycles. The normalized spacial score (nSPS) is 11.8. The number of nitrogens with zero attached hydrogens (tertiary/aromatic N) is 3. The Morgan fingerprint density at radius 1 is 1.15 bits per heavy atom. The molecule has 33 heavy (non-hydrogen) atoms. The molecule has 1 aromatic heterocycles. The summed E-state index contributed by atoms with van der Waals surface area (Å²) in [4.78, 5) is 33.0. The van der Waals surface area contributed by atoms with Gasteiger partial charge in [0.05, 0.1) is 36.9 Å². The van der Waals surface area contributed by atoms with Crippen LogP contribution in [0.5, 0.6) is 11.5 Å². The third-order valence-electron chi connectivity index (χ3n) is 5.71. The van der Waals surface area contributed by atoms with Gasteiger partial charge in [0.15, 0.2) is 0 Å². The number of ether oxygens (including phenoxy) is 2. The van der Waals surface area contributed by atoms with Gasteiger partial charge in [-0.1, -0.05) is 25.5 Å². The number of carbonyl (C=O) groups excluding carboxylic acids is 1. The Labute approximate surface area is 194 Å². The fraction of sp³-hybridized carbons (Fsp3) is 0.400. The zero-order valence-corrected chi connectivity index (χ0v) is 19.9. The number of methoxy groups -OCH3 is 2. The van der Waals surface area contributed by atoms with E-state index in [9.17, 15) is 9.59 Å². The van der Waals surface area contributed by atoms with E-state index in [0.29, 0.717) is 47.0 Å². The van der Waals surface area contributed by atoms with E-state index < -0.39 is 6.04 Å². The number of carbonyl (C=O) groups is 1. The van der Waals surface area contributed by atoms with Crippen LogP contribution in [0.2, 0.25) is 0 Å². The molecular formula is C25H32N4O4. The highest BCUT2D eigenvalue weighted by Crippen LogP contribution is 2.30. The van der Waals surface area contributed by atoms with Gasteiger partial charge in [0, 0.05) is 19.2 Å². The van der Waals surface area contributed by atoms with E-state index in [4.69, 9.17) is 14.5 Å². The highest BCUT2D eigenvalue weighted by Gasteiger charge is 2.26. The Kier molecular flexibility index (Phi) is 7.92. The van der Waals surface area contributed by atoms with Crippen molar-refractivity contribution in [3.8, 4) is 11.5 Å². The number of aromatic nitrogens is 2. The van der Waals surface area contributed by atoms with Crippen LogP contribution < -0.4 is 20.3 Å². The average molecular weight is 453 g/mol. The zero-order chi connectivity index (χ0) is 24.0. The van der Waals surface area contributed by atoms with Crippen molar-refractivity contribution in [2.75, 3.05) is 26.1 Å². The van der Waals surface area contributed by atoms with Crippen LogP contribution >= 0.6 is 0 Å². The Morgan fingerprint density at radius 2 is 1.91 bits per heavy atom. The Hall–Kier alpha value is -3.55. The molecular weight excluding hydrogens is 420 g/mol. The van der Waals surface area contributed by atoms with Gasteiger partial charge in [-0.2, -0.15) is 0 Å². The molecule has 0 aliphatic carbocycles. The SMILES string of the molecule is CCCCN(C(=O)Nc1ccc(OC)cc1OC)C(C)c1nc2ccccc2c(=O)n1CC. The van der Waals surface area contributed by atoms with E-state index in [1.165, 1.54) is 0 Å². The van der Waals surface area contributed by atoms with Gasteiger partial charge in [0.2, 0.25) is 0 Å². The van der Waals surface area contributed by atoms with Crippen molar-refractivity contribution in [3.05, 3.63) is 58.6 Å². The van der Waals surface area contributed by atoms with Gasteiger partial charge in [-0.15, -0.1) is 0 Å². The van der Waals surface area contributed by atoms with Crippen LogP contribution in [0.3, 0.4) is 0 Å². The fourth-order valence-corrected chi connectivity index (χ4v) is 3.84. The predicted molar refractivity (Wildman–Crippen MR) is 130 cm³/mol. The quantitative estimate of drug-likeness (QED) is 0.503. The van der Waals surface area contributed by atoms with E-state index in [-0.39, 0.29) is 11.6 Å². The summed E-state index contributed by atoms with van der Waals surface area (Å²) < 4.78 is 12.3. The molecule has 2 amide bonds. The van der Waals surface area contributed by atoms with Crippen molar-refractivity contribution in [2.45, 2.75) is 46.2 Å². The zero-order valence-electron chi connectivity index (χ0n) is 19.9. The summed E-state index contributed by atoms with van der Waals surface area (Å²) in [5, 5.41) is 3.53. The third-order valence-corrected chi connectivity index (χ3v) is 5.71. The molecule has 0 aliphatic heterocycles. The minimum absolute atomic E-state index is 0.0994. The molecule has 0 spiro atoms. The Balaban J connectivity index is 1.99. The average Bonchev–Trinajstić information content (AvgIpc) is 2.84. The van der Waals surface area contributed by atoms with Crippen molar-refractivity contribution >= 4 is 22.6 Å². The lowest BCUT2D eigenvalue weighted by Gasteiger charge is -2.30. The van der Waals surface area contributed by atoms with Gasteiger partial charge in [0.25, 0.3) is 5.56 Å². The van der Waals surface area contributed by atoms with E-state index in [1.54, 1.807) is 48.0 Å². The molecule has 0 aliphatic rings. The molecule has 3 rings (SSSR count). The number of anilines is 1. The number of benzene rings is 2. The first kappa shape index (κ1) is 24.1. The summed E-state index contributed by atoms with van der Waals surface area (Å²) in [7, 11) is 3.12. The number of urea groups is 1. The van der Waals surface area contributed by atoms with Gasteiger partial charge < -0.3 is 19.7 Å².